The Morgan fingerprint density at radius 2 is 2.19 bits per heavy atom. The van der Waals surface area contributed by atoms with E-state index in [-0.39, 0.29) is 6.42 Å². The normalized spacial score (nSPS) is 19.9. The zero-order valence-corrected chi connectivity index (χ0v) is 9.70. The molecule has 1 heterocycles. The Morgan fingerprint density at radius 3 is 2.75 bits per heavy atom. The van der Waals surface area contributed by atoms with E-state index in [1.807, 2.05) is 24.3 Å². The Balaban J connectivity index is 1.93. The molecule has 86 valence electrons. The minimum atomic E-state index is -0.787. The molecule has 1 aliphatic rings. The first-order valence-electron chi connectivity index (χ1n) is 5.29. The van der Waals surface area contributed by atoms with Crippen LogP contribution in [0.25, 0.3) is 0 Å². The summed E-state index contributed by atoms with van der Waals surface area (Å²) in [6.45, 7) is 1.68. The average Bonchev–Trinajstić information content (AvgIpc) is 2.73. The number of aliphatic carboxylic acids is 1. The summed E-state index contributed by atoms with van der Waals surface area (Å²) >= 11 is 1.81. The molecule has 4 heteroatoms. The second-order valence-corrected chi connectivity index (χ2v) is 5.19. The molecule has 0 aromatic heterocycles. The highest BCUT2D eigenvalue weighted by molar-refractivity contribution is 8.00. The summed E-state index contributed by atoms with van der Waals surface area (Å²) in [6, 6.07) is 7.74. The van der Waals surface area contributed by atoms with Crippen molar-refractivity contribution in [2.45, 2.75) is 23.0 Å². The van der Waals surface area contributed by atoms with Gasteiger partial charge >= 0.3 is 5.97 Å². The zero-order valence-electron chi connectivity index (χ0n) is 8.89. The molecule has 1 aliphatic heterocycles. The van der Waals surface area contributed by atoms with E-state index in [2.05, 4.69) is 0 Å². The van der Waals surface area contributed by atoms with Gasteiger partial charge in [0.05, 0.1) is 13.0 Å². The molecule has 0 amide bonds. The lowest BCUT2D eigenvalue weighted by atomic mass is 10.2. The molecule has 0 saturated carbocycles. The molecule has 1 aromatic carbocycles. The molecule has 3 nitrogen and oxygen atoms in total. The highest BCUT2D eigenvalue weighted by Gasteiger charge is 2.16. The highest BCUT2D eigenvalue weighted by Crippen LogP contribution is 2.28. The van der Waals surface area contributed by atoms with Gasteiger partial charge in [0.2, 0.25) is 0 Å². The number of rotatable bonds is 4. The lowest BCUT2D eigenvalue weighted by Gasteiger charge is -2.07. The van der Waals surface area contributed by atoms with Crippen molar-refractivity contribution in [1.82, 2.24) is 0 Å². The van der Waals surface area contributed by atoms with Gasteiger partial charge in [0.1, 0.15) is 0 Å². The van der Waals surface area contributed by atoms with Crippen molar-refractivity contribution in [1.29, 1.82) is 0 Å². The van der Waals surface area contributed by atoms with Crippen LogP contribution >= 0.6 is 11.8 Å². The number of hydrogen-bond acceptors (Lipinski definition) is 3. The first kappa shape index (κ1) is 11.5. The number of carboxylic acids is 1. The molecule has 1 saturated heterocycles. The monoisotopic (exact) mass is 238 g/mol. The maximum atomic E-state index is 10.5. The molecule has 16 heavy (non-hydrogen) atoms. The van der Waals surface area contributed by atoms with E-state index in [1.54, 1.807) is 11.8 Å². The Bertz CT molecular complexity index is 355. The lowest BCUT2D eigenvalue weighted by Crippen LogP contribution is -2.01. The zero-order chi connectivity index (χ0) is 11.4. The van der Waals surface area contributed by atoms with Crippen molar-refractivity contribution in [3.63, 3.8) is 0 Å². The largest absolute Gasteiger partial charge is 0.481 e. The van der Waals surface area contributed by atoms with Gasteiger partial charge in [0.15, 0.2) is 0 Å². The quantitative estimate of drug-likeness (QED) is 0.873. The topological polar surface area (TPSA) is 46.5 Å². The van der Waals surface area contributed by atoms with Crippen LogP contribution in [0.5, 0.6) is 0 Å². The van der Waals surface area contributed by atoms with Crippen molar-refractivity contribution in [3.8, 4) is 0 Å². The van der Waals surface area contributed by atoms with Crippen molar-refractivity contribution in [2.24, 2.45) is 0 Å². The van der Waals surface area contributed by atoms with Gasteiger partial charge in [-0.3, -0.25) is 4.79 Å². The van der Waals surface area contributed by atoms with Gasteiger partial charge in [-0.25, -0.2) is 0 Å². The Morgan fingerprint density at radius 1 is 1.44 bits per heavy atom. The smallest absolute Gasteiger partial charge is 0.307 e. The summed E-state index contributed by atoms with van der Waals surface area (Å²) in [4.78, 5) is 11.7. The Hall–Kier alpha value is -1.00. The van der Waals surface area contributed by atoms with Gasteiger partial charge in [-0.15, -0.1) is 11.8 Å². The standard InChI is InChI=1S/C12H14O3S/c13-12(14)7-9-1-3-10(4-2-9)16-11-5-6-15-8-11/h1-4,11H,5-8H2,(H,13,14). The van der Waals surface area contributed by atoms with E-state index < -0.39 is 5.97 Å². The van der Waals surface area contributed by atoms with E-state index in [4.69, 9.17) is 9.84 Å². The van der Waals surface area contributed by atoms with Crippen LogP contribution in [0.4, 0.5) is 0 Å². The Labute approximate surface area is 98.8 Å². The van der Waals surface area contributed by atoms with E-state index in [9.17, 15) is 4.79 Å². The molecule has 1 fully saturated rings. The van der Waals surface area contributed by atoms with Gasteiger partial charge in [0, 0.05) is 16.8 Å². The van der Waals surface area contributed by atoms with Crippen LogP contribution in [0.3, 0.4) is 0 Å². The number of carbonyl (C=O) groups is 1. The molecule has 1 aromatic rings. The fourth-order valence-electron chi connectivity index (χ4n) is 1.66. The molecule has 0 bridgehead atoms. The number of hydrogen-bond donors (Lipinski definition) is 1. The fraction of sp³-hybridized carbons (Fsp3) is 0.417. The summed E-state index contributed by atoms with van der Waals surface area (Å²) in [6.07, 6.45) is 1.19. The summed E-state index contributed by atoms with van der Waals surface area (Å²) in [7, 11) is 0. The van der Waals surface area contributed by atoms with Gasteiger partial charge < -0.3 is 9.84 Å². The second kappa shape index (κ2) is 5.37. The Kier molecular flexibility index (Phi) is 3.85. The minimum Gasteiger partial charge on any atom is -0.481 e. The molecule has 0 aliphatic carbocycles. The predicted octanol–water partition coefficient (Wildman–Crippen LogP) is 2.19. The maximum Gasteiger partial charge on any atom is 0.307 e. The van der Waals surface area contributed by atoms with Crippen LogP contribution in [0, 0.1) is 0 Å². The van der Waals surface area contributed by atoms with Crippen LogP contribution in [0.15, 0.2) is 29.2 Å². The molecule has 0 spiro atoms. The van der Waals surface area contributed by atoms with Gasteiger partial charge in [0.25, 0.3) is 0 Å². The first-order chi connectivity index (χ1) is 7.74. The summed E-state index contributed by atoms with van der Waals surface area (Å²) < 4.78 is 5.31. The average molecular weight is 238 g/mol. The van der Waals surface area contributed by atoms with Gasteiger partial charge in [-0.2, -0.15) is 0 Å². The number of carboxylic acid groups (broad SMARTS) is 1. The predicted molar refractivity (Wildman–Crippen MR) is 62.9 cm³/mol. The minimum absolute atomic E-state index is 0.0947. The van der Waals surface area contributed by atoms with Crippen LogP contribution < -0.4 is 0 Å². The third-order valence-electron chi connectivity index (χ3n) is 2.47. The van der Waals surface area contributed by atoms with Crippen LogP contribution in [0.2, 0.25) is 0 Å². The number of benzene rings is 1. The number of ether oxygens (including phenoxy) is 1. The molecule has 0 radical (unpaired) electrons. The summed E-state index contributed by atoms with van der Waals surface area (Å²) in [5, 5.41) is 9.19. The SMILES string of the molecule is O=C(O)Cc1ccc(SC2CCOC2)cc1. The van der Waals surface area contributed by atoms with E-state index in [0.29, 0.717) is 5.25 Å². The first-order valence-corrected chi connectivity index (χ1v) is 6.17. The van der Waals surface area contributed by atoms with Crippen molar-refractivity contribution in [3.05, 3.63) is 29.8 Å². The van der Waals surface area contributed by atoms with Crippen LogP contribution in [-0.4, -0.2) is 29.5 Å². The fourth-order valence-corrected chi connectivity index (χ4v) is 2.72. The summed E-state index contributed by atoms with van der Waals surface area (Å²) in [5.41, 5.74) is 0.847. The second-order valence-electron chi connectivity index (χ2n) is 3.82. The number of thioether (sulfide) groups is 1. The third-order valence-corrected chi connectivity index (χ3v) is 3.72. The van der Waals surface area contributed by atoms with Crippen molar-refractivity contribution < 1.29 is 14.6 Å². The summed E-state index contributed by atoms with van der Waals surface area (Å²) in [5.74, 6) is -0.787. The van der Waals surface area contributed by atoms with E-state index >= 15 is 0 Å². The molecule has 1 atom stereocenters. The maximum absolute atomic E-state index is 10.5. The molecular formula is C12H14O3S. The van der Waals surface area contributed by atoms with E-state index in [1.165, 1.54) is 4.90 Å². The van der Waals surface area contributed by atoms with E-state index in [0.717, 1.165) is 25.2 Å². The van der Waals surface area contributed by atoms with Crippen molar-refractivity contribution >= 4 is 17.7 Å². The molecule has 1 unspecified atom stereocenters. The highest BCUT2D eigenvalue weighted by atomic mass is 32.2. The molecular weight excluding hydrogens is 224 g/mol. The lowest BCUT2D eigenvalue weighted by molar-refractivity contribution is -0.136. The van der Waals surface area contributed by atoms with Gasteiger partial charge in [-0.1, -0.05) is 12.1 Å². The van der Waals surface area contributed by atoms with Crippen molar-refractivity contribution in [2.75, 3.05) is 13.2 Å². The van der Waals surface area contributed by atoms with Gasteiger partial charge in [-0.05, 0) is 24.1 Å². The third kappa shape index (κ3) is 3.25. The molecule has 2 rings (SSSR count). The molecule has 1 N–H and O–H groups in total. The van der Waals surface area contributed by atoms with Crippen LogP contribution in [-0.2, 0) is 16.0 Å². The van der Waals surface area contributed by atoms with Crippen LogP contribution in [0.1, 0.15) is 12.0 Å².